The van der Waals surface area contributed by atoms with Crippen molar-refractivity contribution in [3.8, 4) is 28.3 Å². The van der Waals surface area contributed by atoms with Gasteiger partial charge in [-0.05, 0) is 66.6 Å². The van der Waals surface area contributed by atoms with Crippen LogP contribution in [0.25, 0.3) is 27.4 Å². The van der Waals surface area contributed by atoms with Crippen molar-refractivity contribution in [2.45, 2.75) is 31.2 Å². The highest BCUT2D eigenvalue weighted by Crippen LogP contribution is 2.49. The summed E-state index contributed by atoms with van der Waals surface area (Å²) in [7, 11) is 1.44. The number of nitrogens with zero attached hydrogens (tertiary/aromatic N) is 5. The number of carbonyl (C=O) groups excluding carboxylic acids is 1. The van der Waals surface area contributed by atoms with Gasteiger partial charge in [-0.25, -0.2) is 19.2 Å². The Hall–Kier alpha value is -4.68. The summed E-state index contributed by atoms with van der Waals surface area (Å²) < 4.78 is 20.0. The van der Waals surface area contributed by atoms with Crippen LogP contribution in [0.5, 0.6) is 5.75 Å². The van der Waals surface area contributed by atoms with Crippen LogP contribution in [0.15, 0.2) is 67.1 Å². The summed E-state index contributed by atoms with van der Waals surface area (Å²) in [5, 5.41) is 10.5. The Morgan fingerprint density at radius 2 is 2.12 bits per heavy atom. The second-order valence-electron chi connectivity index (χ2n) is 10.6. The zero-order valence-corrected chi connectivity index (χ0v) is 22.5. The number of halogens is 1. The monoisotopic (exact) mass is 549 g/mol. The summed E-state index contributed by atoms with van der Waals surface area (Å²) in [6.07, 6.45) is 7.61. The van der Waals surface area contributed by atoms with Gasteiger partial charge in [0.2, 0.25) is 0 Å². The van der Waals surface area contributed by atoms with Gasteiger partial charge in [0.25, 0.3) is 0 Å². The number of methoxy groups -OCH3 is 1. The maximum absolute atomic E-state index is 14.7. The largest absolute Gasteiger partial charge is 0.496 e. The average molecular weight is 550 g/mol. The molecule has 2 aromatic heterocycles. The Kier molecular flexibility index (Phi) is 6.93. The van der Waals surface area contributed by atoms with E-state index in [9.17, 15) is 14.3 Å². The van der Waals surface area contributed by atoms with E-state index in [0.29, 0.717) is 17.2 Å². The number of fused-ring (bicyclic) bond motifs is 2. The molecule has 0 amide bonds. The number of piperidine rings is 1. The minimum Gasteiger partial charge on any atom is -0.496 e. The Morgan fingerprint density at radius 1 is 1.24 bits per heavy atom. The summed E-state index contributed by atoms with van der Waals surface area (Å²) in [5.74, 6) is 0.0375. The minimum absolute atomic E-state index is 0.0288. The number of aliphatic hydroxyl groups is 1. The number of ketones is 1. The number of anilines is 1. The summed E-state index contributed by atoms with van der Waals surface area (Å²) in [6, 6.07) is 13.5. The molecular formula is C32H28FN5O3. The van der Waals surface area contributed by atoms with Gasteiger partial charge in [0.1, 0.15) is 17.3 Å². The van der Waals surface area contributed by atoms with Crippen molar-refractivity contribution in [3.05, 3.63) is 95.6 Å². The van der Waals surface area contributed by atoms with E-state index in [0.717, 1.165) is 42.6 Å². The lowest BCUT2D eigenvalue weighted by Crippen LogP contribution is -2.48. The molecule has 41 heavy (non-hydrogen) atoms. The molecule has 2 atom stereocenters. The molecule has 3 heterocycles. The van der Waals surface area contributed by atoms with Crippen LogP contribution in [0.1, 0.15) is 35.3 Å². The van der Waals surface area contributed by atoms with Gasteiger partial charge in [-0.1, -0.05) is 18.2 Å². The number of aliphatic hydroxyl groups excluding tert-OH is 1. The molecular weight excluding hydrogens is 521 g/mol. The predicted octanol–water partition coefficient (Wildman–Crippen LogP) is 5.68. The fourth-order valence-corrected chi connectivity index (χ4v) is 6.28. The van der Waals surface area contributed by atoms with Crippen LogP contribution in [0.4, 0.5) is 15.8 Å². The van der Waals surface area contributed by atoms with Gasteiger partial charge in [-0.2, -0.15) is 0 Å². The summed E-state index contributed by atoms with van der Waals surface area (Å²) in [5.41, 5.74) is 3.56. The highest BCUT2D eigenvalue weighted by atomic mass is 19.1. The Labute approximate surface area is 237 Å². The third-order valence-electron chi connectivity index (χ3n) is 8.31. The molecule has 0 unspecified atom stereocenters. The first-order chi connectivity index (χ1) is 20.0. The number of hydrogen-bond donors (Lipinski definition) is 1. The molecule has 4 aromatic rings. The van der Waals surface area contributed by atoms with E-state index in [1.54, 1.807) is 24.5 Å². The van der Waals surface area contributed by atoms with Crippen LogP contribution in [0.2, 0.25) is 0 Å². The first-order valence-corrected chi connectivity index (χ1v) is 13.5. The summed E-state index contributed by atoms with van der Waals surface area (Å²) in [6.45, 7) is 8.42. The van der Waals surface area contributed by atoms with Crippen molar-refractivity contribution in [2.75, 3.05) is 25.2 Å². The quantitative estimate of drug-likeness (QED) is 0.223. The van der Waals surface area contributed by atoms with Gasteiger partial charge >= 0.3 is 0 Å². The number of hydrogen-bond acceptors (Lipinski definition) is 7. The molecule has 2 fully saturated rings. The van der Waals surface area contributed by atoms with E-state index < -0.39 is 5.82 Å². The predicted molar refractivity (Wildman–Crippen MR) is 152 cm³/mol. The van der Waals surface area contributed by atoms with Crippen LogP contribution in [-0.2, 0) is 6.42 Å². The number of carbonyl (C=O) groups is 1. The van der Waals surface area contributed by atoms with Gasteiger partial charge in [0.15, 0.2) is 17.3 Å². The Bertz CT molecular complexity index is 1690. The van der Waals surface area contributed by atoms with E-state index >= 15 is 0 Å². The SMILES string of the molecule is [C-]#[N+]c1ccncc1-c1ccc(CC(=O)c2ccnc(-c3c(F)cccc3OC)n2)c(N2C[C@H]3CC[C@]2(CO)C3)c1. The van der Waals surface area contributed by atoms with Crippen LogP contribution in [0.3, 0.4) is 0 Å². The number of Topliss-reactive ketones (excluding diaryl/α,β-unsaturated/α-hetero) is 1. The molecule has 9 heteroatoms. The van der Waals surface area contributed by atoms with Crippen molar-refractivity contribution in [2.24, 2.45) is 5.92 Å². The number of ether oxygens (including phenoxy) is 1. The van der Waals surface area contributed by atoms with Gasteiger partial charge in [0, 0.05) is 42.8 Å². The molecule has 2 bridgehead atoms. The standard InChI is InChI=1S/C32H28FN5O3/c1-34-25-9-12-35-17-23(25)21-6-7-22(27(14-21)38-18-20-8-11-32(38,16-20)19-39)15-28(40)26-10-13-36-31(37-26)30-24(33)4-3-5-29(30)41-2/h3-7,9-10,12-14,17,20,39H,8,11,15-16,18-19H2,2H3/t20-,32+/m0/s1. The molecule has 1 saturated carbocycles. The lowest BCUT2D eigenvalue weighted by Gasteiger charge is -2.40. The highest BCUT2D eigenvalue weighted by molar-refractivity contribution is 5.97. The van der Waals surface area contributed by atoms with E-state index in [2.05, 4.69) is 24.7 Å². The summed E-state index contributed by atoms with van der Waals surface area (Å²) in [4.78, 5) is 32.4. The van der Waals surface area contributed by atoms with Gasteiger partial charge in [-0.3, -0.25) is 9.78 Å². The van der Waals surface area contributed by atoms with Crippen LogP contribution < -0.4 is 9.64 Å². The first kappa shape index (κ1) is 26.5. The Morgan fingerprint density at radius 3 is 2.90 bits per heavy atom. The molecule has 8 nitrogen and oxygen atoms in total. The molecule has 1 aliphatic heterocycles. The molecule has 206 valence electrons. The van der Waals surface area contributed by atoms with Crippen LogP contribution in [-0.4, -0.2) is 51.6 Å². The lowest BCUT2D eigenvalue weighted by atomic mass is 9.93. The first-order valence-electron chi connectivity index (χ1n) is 13.5. The Balaban J connectivity index is 1.39. The number of aromatic nitrogens is 3. The molecule has 1 aliphatic carbocycles. The maximum atomic E-state index is 14.7. The van der Waals surface area contributed by atoms with Crippen molar-refractivity contribution >= 4 is 17.2 Å². The highest BCUT2D eigenvalue weighted by Gasteiger charge is 2.50. The fourth-order valence-electron chi connectivity index (χ4n) is 6.28. The molecule has 1 N–H and O–H groups in total. The molecule has 2 aliphatic rings. The third kappa shape index (κ3) is 4.70. The van der Waals surface area contributed by atoms with Gasteiger partial charge in [0.05, 0.1) is 31.4 Å². The van der Waals surface area contributed by atoms with E-state index in [1.807, 2.05) is 18.2 Å². The topological polar surface area (TPSA) is 92.8 Å². The van der Waals surface area contributed by atoms with Crippen LogP contribution >= 0.6 is 0 Å². The number of pyridine rings is 1. The molecule has 6 rings (SSSR count). The second kappa shape index (κ2) is 10.7. The van der Waals surface area contributed by atoms with E-state index in [4.69, 9.17) is 11.3 Å². The maximum Gasteiger partial charge on any atom is 0.197 e. The smallest absolute Gasteiger partial charge is 0.197 e. The van der Waals surface area contributed by atoms with Crippen molar-refractivity contribution in [1.82, 2.24) is 15.0 Å². The molecule has 1 saturated heterocycles. The van der Waals surface area contributed by atoms with Gasteiger partial charge < -0.3 is 14.7 Å². The normalized spacial score (nSPS) is 19.3. The number of rotatable bonds is 8. The fraction of sp³-hybridized carbons (Fsp3) is 0.281. The molecule has 0 spiro atoms. The lowest BCUT2D eigenvalue weighted by molar-refractivity contribution is 0.0988. The molecule has 0 radical (unpaired) electrons. The van der Waals surface area contributed by atoms with Gasteiger partial charge in [-0.15, -0.1) is 0 Å². The van der Waals surface area contributed by atoms with Crippen molar-refractivity contribution in [3.63, 3.8) is 0 Å². The molecule has 2 aromatic carbocycles. The zero-order valence-electron chi connectivity index (χ0n) is 22.5. The van der Waals surface area contributed by atoms with Crippen molar-refractivity contribution in [1.29, 1.82) is 0 Å². The summed E-state index contributed by atoms with van der Waals surface area (Å²) >= 11 is 0. The minimum atomic E-state index is -0.542. The number of benzene rings is 2. The second-order valence-corrected chi connectivity index (χ2v) is 10.6. The third-order valence-corrected chi connectivity index (χ3v) is 8.31. The average Bonchev–Trinajstić information content (AvgIpc) is 3.60. The zero-order chi connectivity index (χ0) is 28.6. The van der Waals surface area contributed by atoms with E-state index in [-0.39, 0.29) is 47.2 Å². The van der Waals surface area contributed by atoms with Crippen molar-refractivity contribution < 1.29 is 19.0 Å². The van der Waals surface area contributed by atoms with E-state index in [1.165, 1.54) is 31.5 Å². The van der Waals surface area contributed by atoms with Crippen LogP contribution in [0, 0.1) is 18.3 Å².